The largest absolute Gasteiger partial charge is 0.200 e. The molecule has 0 aliphatic carbocycles. The zero-order valence-corrected chi connectivity index (χ0v) is 9.19. The molecule has 1 aromatic heterocycles. The fraction of sp³-hybridized carbons (Fsp3) is 0.364. The maximum atomic E-state index is 4.12. The number of hydrogen-bond donors (Lipinski definition) is 0. The molecule has 0 aliphatic rings. The molecule has 1 nitrogen and oxygen atoms in total. The zero-order valence-electron chi connectivity index (χ0n) is 8.37. The summed E-state index contributed by atoms with van der Waals surface area (Å²) in [6.45, 7) is 6.17. The van der Waals surface area contributed by atoms with Gasteiger partial charge < -0.3 is 0 Å². The first-order chi connectivity index (χ1) is 6.40. The Bertz CT molecular complexity index is 365. The van der Waals surface area contributed by atoms with Gasteiger partial charge in [0.1, 0.15) is 0 Å². The highest BCUT2D eigenvalue weighted by molar-refractivity contribution is 7.13. The maximum absolute atomic E-state index is 4.12. The van der Waals surface area contributed by atoms with Crippen molar-refractivity contribution in [2.45, 2.75) is 27.2 Å². The van der Waals surface area contributed by atoms with Crippen LogP contribution in [0.4, 0.5) is 0 Å². The van der Waals surface area contributed by atoms with Crippen molar-refractivity contribution in [1.29, 1.82) is 0 Å². The molecule has 0 unspecified atom stereocenters. The monoisotopic (exact) mass is 193 g/mol. The van der Waals surface area contributed by atoms with E-state index in [0.29, 0.717) is 0 Å². The third-order valence-electron chi connectivity index (χ3n) is 1.83. The highest BCUT2D eigenvalue weighted by Crippen LogP contribution is 2.19. The Hall–Kier alpha value is -0.890. The second-order valence-electron chi connectivity index (χ2n) is 2.55. The summed E-state index contributed by atoms with van der Waals surface area (Å²) < 4.78 is 5.41. The van der Waals surface area contributed by atoms with Crippen molar-refractivity contribution in [1.82, 2.24) is 4.37 Å². The van der Waals surface area contributed by atoms with Gasteiger partial charge in [-0.2, -0.15) is 4.37 Å². The molecule has 0 amide bonds. The molecule has 0 fully saturated rings. The first-order valence-electron chi connectivity index (χ1n) is 4.73. The van der Waals surface area contributed by atoms with E-state index < -0.39 is 0 Å². The Morgan fingerprint density at radius 2 is 2.08 bits per heavy atom. The molecular formula is C11H15NS. The molecule has 0 aliphatic heterocycles. The van der Waals surface area contributed by atoms with E-state index in [4.69, 9.17) is 0 Å². The number of hydrogen-bond acceptors (Lipinski definition) is 2. The van der Waals surface area contributed by atoms with Crippen molar-refractivity contribution in [2.24, 2.45) is 0 Å². The van der Waals surface area contributed by atoms with Crippen LogP contribution in [0.2, 0.25) is 0 Å². The van der Waals surface area contributed by atoms with Gasteiger partial charge in [0, 0.05) is 11.6 Å². The lowest BCUT2D eigenvalue weighted by atomic mass is 10.1. The SMILES string of the molecule is CC.CCc1ccc2cnsc2c1. The van der Waals surface area contributed by atoms with E-state index in [0.717, 1.165) is 6.42 Å². The molecule has 2 rings (SSSR count). The summed E-state index contributed by atoms with van der Waals surface area (Å²) in [5.74, 6) is 0. The minimum Gasteiger partial charge on any atom is -0.200 e. The summed E-state index contributed by atoms with van der Waals surface area (Å²) in [7, 11) is 0. The van der Waals surface area contributed by atoms with E-state index >= 15 is 0 Å². The molecule has 70 valence electrons. The summed E-state index contributed by atoms with van der Waals surface area (Å²) >= 11 is 1.57. The molecule has 1 aromatic carbocycles. The number of nitrogens with zero attached hydrogens (tertiary/aromatic N) is 1. The van der Waals surface area contributed by atoms with Gasteiger partial charge in [0.2, 0.25) is 0 Å². The van der Waals surface area contributed by atoms with Crippen LogP contribution in [0.15, 0.2) is 24.4 Å². The first-order valence-corrected chi connectivity index (χ1v) is 5.51. The lowest BCUT2D eigenvalue weighted by molar-refractivity contribution is 1.15. The number of aryl methyl sites for hydroxylation is 1. The van der Waals surface area contributed by atoms with Crippen LogP contribution in [0.1, 0.15) is 26.3 Å². The van der Waals surface area contributed by atoms with Gasteiger partial charge in [0.15, 0.2) is 0 Å². The average molecular weight is 193 g/mol. The number of fused-ring (bicyclic) bond motifs is 1. The number of aromatic nitrogens is 1. The predicted molar refractivity (Wildman–Crippen MR) is 60.3 cm³/mol. The minimum absolute atomic E-state index is 1.10. The molecule has 0 saturated carbocycles. The predicted octanol–water partition coefficient (Wildman–Crippen LogP) is 3.88. The van der Waals surface area contributed by atoms with Crippen molar-refractivity contribution < 1.29 is 0 Å². The fourth-order valence-electron chi connectivity index (χ4n) is 1.12. The molecule has 0 radical (unpaired) electrons. The lowest BCUT2D eigenvalue weighted by Crippen LogP contribution is -1.75. The maximum Gasteiger partial charge on any atom is 0.0552 e. The van der Waals surface area contributed by atoms with E-state index in [1.54, 1.807) is 11.5 Å². The molecule has 1 heterocycles. The Morgan fingerprint density at radius 3 is 2.77 bits per heavy atom. The minimum atomic E-state index is 1.10. The molecule has 0 bridgehead atoms. The zero-order chi connectivity index (χ0) is 9.68. The second kappa shape index (κ2) is 4.97. The molecule has 13 heavy (non-hydrogen) atoms. The number of rotatable bonds is 1. The van der Waals surface area contributed by atoms with Crippen molar-refractivity contribution in [2.75, 3.05) is 0 Å². The van der Waals surface area contributed by atoms with Crippen molar-refractivity contribution in [3.8, 4) is 0 Å². The van der Waals surface area contributed by atoms with Gasteiger partial charge in [-0.3, -0.25) is 0 Å². The van der Waals surface area contributed by atoms with Crippen molar-refractivity contribution >= 4 is 21.6 Å². The van der Waals surface area contributed by atoms with Gasteiger partial charge in [0.05, 0.1) is 4.70 Å². The quantitative estimate of drug-likeness (QED) is 0.669. The van der Waals surface area contributed by atoms with E-state index in [2.05, 4.69) is 29.5 Å². The summed E-state index contributed by atoms with van der Waals surface area (Å²) in [4.78, 5) is 0. The Morgan fingerprint density at radius 1 is 1.31 bits per heavy atom. The summed E-state index contributed by atoms with van der Waals surface area (Å²) in [6.07, 6.45) is 3.02. The normalized spacial score (nSPS) is 9.46. The molecule has 2 heteroatoms. The summed E-state index contributed by atoms with van der Waals surface area (Å²) in [6, 6.07) is 6.52. The van der Waals surface area contributed by atoms with Crippen LogP contribution in [-0.4, -0.2) is 4.37 Å². The molecule has 0 spiro atoms. The Labute approximate surface area is 83.6 Å². The van der Waals surface area contributed by atoms with Gasteiger partial charge in [-0.15, -0.1) is 0 Å². The van der Waals surface area contributed by atoms with Crippen molar-refractivity contribution in [3.05, 3.63) is 30.0 Å². The standard InChI is InChI=1S/C9H9NS.C2H6/c1-2-7-3-4-8-6-10-11-9(8)5-7;1-2/h3-6H,2H2,1H3;1-2H3. The van der Waals surface area contributed by atoms with E-state index in [-0.39, 0.29) is 0 Å². The van der Waals surface area contributed by atoms with Crippen LogP contribution in [-0.2, 0) is 6.42 Å². The van der Waals surface area contributed by atoms with Gasteiger partial charge in [-0.25, -0.2) is 0 Å². The van der Waals surface area contributed by atoms with Crippen LogP contribution >= 0.6 is 11.5 Å². The van der Waals surface area contributed by atoms with Gasteiger partial charge in [-0.05, 0) is 29.6 Å². The van der Waals surface area contributed by atoms with Crippen LogP contribution in [0.5, 0.6) is 0 Å². The lowest BCUT2D eigenvalue weighted by Gasteiger charge is -1.93. The third kappa shape index (κ3) is 2.28. The van der Waals surface area contributed by atoms with Gasteiger partial charge in [-0.1, -0.05) is 32.9 Å². The van der Waals surface area contributed by atoms with E-state index in [9.17, 15) is 0 Å². The van der Waals surface area contributed by atoms with Crippen LogP contribution < -0.4 is 0 Å². The Balaban J connectivity index is 0.000000396. The summed E-state index contributed by atoms with van der Waals surface area (Å²) in [5.41, 5.74) is 1.39. The smallest absolute Gasteiger partial charge is 0.0552 e. The average Bonchev–Trinajstić information content (AvgIpc) is 2.67. The van der Waals surface area contributed by atoms with E-state index in [1.807, 2.05) is 20.0 Å². The van der Waals surface area contributed by atoms with Crippen LogP contribution in [0.25, 0.3) is 10.1 Å². The topological polar surface area (TPSA) is 12.9 Å². The molecular weight excluding hydrogens is 178 g/mol. The highest BCUT2D eigenvalue weighted by Gasteiger charge is 1.95. The molecule has 2 aromatic rings. The Kier molecular flexibility index (Phi) is 3.90. The highest BCUT2D eigenvalue weighted by atomic mass is 32.1. The fourth-order valence-corrected chi connectivity index (χ4v) is 1.83. The van der Waals surface area contributed by atoms with Crippen LogP contribution in [0.3, 0.4) is 0 Å². The molecule has 0 atom stereocenters. The molecule has 0 saturated heterocycles. The van der Waals surface area contributed by atoms with Gasteiger partial charge in [0.25, 0.3) is 0 Å². The van der Waals surface area contributed by atoms with Crippen molar-refractivity contribution in [3.63, 3.8) is 0 Å². The second-order valence-corrected chi connectivity index (χ2v) is 3.38. The van der Waals surface area contributed by atoms with Crippen LogP contribution in [0, 0.1) is 0 Å². The van der Waals surface area contributed by atoms with Gasteiger partial charge >= 0.3 is 0 Å². The third-order valence-corrected chi connectivity index (χ3v) is 2.59. The van der Waals surface area contributed by atoms with E-state index in [1.165, 1.54) is 15.6 Å². The molecule has 0 N–H and O–H groups in total. The first kappa shape index (κ1) is 10.2. The summed E-state index contributed by atoms with van der Waals surface area (Å²) in [5, 5.41) is 1.26. The number of benzene rings is 1.